The molecule has 0 saturated heterocycles. The van der Waals surface area contributed by atoms with Crippen LogP contribution in [0.25, 0.3) is 0 Å². The van der Waals surface area contributed by atoms with Gasteiger partial charge in [-0.25, -0.2) is 0 Å². The number of rotatable bonds is 0. The van der Waals surface area contributed by atoms with Crippen molar-refractivity contribution in [1.82, 2.24) is 0 Å². The molecule has 116 valence electrons. The second kappa shape index (κ2) is 8.89. The number of fused-ring (bicyclic) bond motifs is 2. The molecule has 4 aliphatic carbocycles. The van der Waals surface area contributed by atoms with E-state index in [0.29, 0.717) is 0 Å². The first-order chi connectivity index (χ1) is 9.97. The Balaban J connectivity index is 0.000000231. The fourth-order valence-electron chi connectivity index (χ4n) is 3.93. The van der Waals surface area contributed by atoms with Gasteiger partial charge in [0.15, 0.2) is 0 Å². The van der Waals surface area contributed by atoms with Crippen LogP contribution in [0.15, 0.2) is 46.6 Å². The molecule has 0 aromatic rings. The van der Waals surface area contributed by atoms with Gasteiger partial charge in [0.1, 0.15) is 0 Å². The smallest absolute Gasteiger partial charge is 0.00506 e. The predicted molar refractivity (Wildman–Crippen MR) is 87.4 cm³/mol. The van der Waals surface area contributed by atoms with E-state index in [9.17, 15) is 0 Å². The van der Waals surface area contributed by atoms with E-state index in [2.05, 4.69) is 0 Å². The van der Waals surface area contributed by atoms with Crippen molar-refractivity contribution in [3.05, 3.63) is 53.0 Å². The monoisotopic (exact) mass is 370 g/mol. The summed E-state index contributed by atoms with van der Waals surface area (Å²) in [6.45, 7) is 0. The molecular weight excluding hydrogens is 343 g/mol. The molecule has 0 saturated carbocycles. The van der Waals surface area contributed by atoms with Crippen molar-refractivity contribution in [3.63, 3.8) is 0 Å². The summed E-state index contributed by atoms with van der Waals surface area (Å²) in [5.74, 6) is 0. The average Bonchev–Trinajstić information content (AvgIpc) is 2.94. The Morgan fingerprint density at radius 1 is 0.429 bits per heavy atom. The third-order valence-electron chi connectivity index (χ3n) is 4.97. The largest absolute Gasteiger partial charge is 0.0767 e. The van der Waals surface area contributed by atoms with Gasteiger partial charge in [0.2, 0.25) is 0 Å². The van der Waals surface area contributed by atoms with Gasteiger partial charge >= 0.3 is 0 Å². The Morgan fingerprint density at radius 3 is 1.05 bits per heavy atom. The summed E-state index contributed by atoms with van der Waals surface area (Å²) >= 11 is 0. The predicted octanol–water partition coefficient (Wildman–Crippen LogP) is 6.23. The van der Waals surface area contributed by atoms with Crippen molar-refractivity contribution in [3.8, 4) is 0 Å². The Kier molecular flexibility index (Phi) is 7.17. The van der Waals surface area contributed by atoms with Gasteiger partial charge in [0.25, 0.3) is 0 Å². The Bertz CT molecular complexity index is 422. The molecule has 0 fully saturated rings. The van der Waals surface area contributed by atoms with Crippen molar-refractivity contribution in [2.45, 2.75) is 70.6 Å². The fraction of sp³-hybridized carbons (Fsp3) is 0.550. The van der Waals surface area contributed by atoms with Crippen molar-refractivity contribution in [2.24, 2.45) is 0 Å². The van der Waals surface area contributed by atoms with Gasteiger partial charge < -0.3 is 0 Å². The zero-order valence-electron chi connectivity index (χ0n) is 13.0. The summed E-state index contributed by atoms with van der Waals surface area (Å²) in [4.78, 5) is 0. The van der Waals surface area contributed by atoms with Crippen LogP contribution in [0.3, 0.4) is 0 Å². The van der Waals surface area contributed by atoms with Crippen molar-refractivity contribution in [1.29, 1.82) is 0 Å². The van der Waals surface area contributed by atoms with E-state index < -0.39 is 0 Å². The Labute approximate surface area is 143 Å². The van der Waals surface area contributed by atoms with Gasteiger partial charge in [-0.05, 0) is 73.7 Å². The zero-order chi connectivity index (χ0) is 13.6. The molecule has 2 radical (unpaired) electrons. The van der Waals surface area contributed by atoms with Crippen LogP contribution < -0.4 is 0 Å². The van der Waals surface area contributed by atoms with Gasteiger partial charge in [-0.3, -0.25) is 0 Å². The quantitative estimate of drug-likeness (QED) is 0.444. The fourth-order valence-corrected chi connectivity index (χ4v) is 3.93. The maximum Gasteiger partial charge on any atom is 0.00506 e. The third kappa shape index (κ3) is 4.29. The summed E-state index contributed by atoms with van der Waals surface area (Å²) in [5.41, 5.74) is 7.30. The molecule has 4 aliphatic rings. The van der Waals surface area contributed by atoms with Gasteiger partial charge in [-0.2, -0.15) is 0 Å². The number of allylic oxidation sites excluding steroid dienone is 8. The van der Waals surface area contributed by atoms with Crippen LogP contribution in [-0.2, 0) is 19.5 Å². The van der Waals surface area contributed by atoms with E-state index in [1.807, 2.05) is 53.0 Å². The third-order valence-corrected chi connectivity index (χ3v) is 4.97. The molecule has 0 aromatic heterocycles. The molecule has 0 atom stereocenters. The van der Waals surface area contributed by atoms with E-state index in [1.54, 1.807) is 0 Å². The molecule has 0 N–H and O–H groups in total. The normalized spacial score (nSPS) is 23.6. The molecular formula is C20H27Rh. The van der Waals surface area contributed by atoms with Crippen LogP contribution in [0, 0.1) is 6.42 Å². The number of hydrogen-bond acceptors (Lipinski definition) is 0. The molecule has 1 heteroatoms. The van der Waals surface area contributed by atoms with Gasteiger partial charge in [-0.15, -0.1) is 0 Å². The van der Waals surface area contributed by atoms with Gasteiger partial charge in [0.05, 0.1) is 0 Å². The molecule has 4 rings (SSSR count). The molecule has 0 unspecified atom stereocenters. The summed E-state index contributed by atoms with van der Waals surface area (Å²) in [7, 11) is 0. The minimum Gasteiger partial charge on any atom is -0.0767 e. The molecule has 0 bridgehead atoms. The van der Waals surface area contributed by atoms with Crippen LogP contribution in [0.2, 0.25) is 0 Å². The van der Waals surface area contributed by atoms with E-state index in [4.69, 9.17) is 0 Å². The molecule has 0 amide bonds. The first kappa shape index (κ1) is 16.9. The Morgan fingerprint density at radius 2 is 0.762 bits per heavy atom. The van der Waals surface area contributed by atoms with Crippen molar-refractivity contribution >= 4 is 0 Å². The van der Waals surface area contributed by atoms with E-state index in [0.717, 1.165) is 0 Å². The van der Waals surface area contributed by atoms with Crippen LogP contribution >= 0.6 is 0 Å². The standard InChI is InChI=1S/C15H22.C5H5.Rh/c1-2-5-9-13-12(8-4-1)14-10-6-3-7-11-15(13)14;1-2-4-5-3-1;/h1-11H2;1-5H;. The van der Waals surface area contributed by atoms with Crippen molar-refractivity contribution in [2.75, 3.05) is 0 Å². The SMILES string of the molecule is C1CCCC2=C(CC1)C1=C2CCCCC1.[CH]1C=CC=C1.[Rh]. The molecule has 0 aromatic carbocycles. The molecule has 0 aliphatic heterocycles. The molecule has 21 heavy (non-hydrogen) atoms. The minimum atomic E-state index is 0. The first-order valence-corrected chi connectivity index (χ1v) is 8.58. The van der Waals surface area contributed by atoms with Crippen LogP contribution in [-0.4, -0.2) is 0 Å². The van der Waals surface area contributed by atoms with Crippen molar-refractivity contribution < 1.29 is 19.5 Å². The van der Waals surface area contributed by atoms with Crippen LogP contribution in [0.1, 0.15) is 70.6 Å². The topological polar surface area (TPSA) is 0 Å². The molecule has 0 heterocycles. The maximum absolute atomic E-state index is 2.00. The summed E-state index contributed by atoms with van der Waals surface area (Å²) < 4.78 is 0. The minimum absolute atomic E-state index is 0. The van der Waals surface area contributed by atoms with E-state index >= 15 is 0 Å². The first-order valence-electron chi connectivity index (χ1n) is 8.58. The average molecular weight is 370 g/mol. The maximum atomic E-state index is 2.00. The zero-order valence-corrected chi connectivity index (χ0v) is 14.6. The number of hydrogen-bond donors (Lipinski definition) is 0. The summed E-state index contributed by atoms with van der Waals surface area (Å²) in [6.07, 6.45) is 25.9. The van der Waals surface area contributed by atoms with E-state index in [1.165, 1.54) is 70.6 Å². The van der Waals surface area contributed by atoms with Crippen LogP contribution in [0.4, 0.5) is 0 Å². The van der Waals surface area contributed by atoms with Gasteiger partial charge in [-0.1, -0.05) is 43.6 Å². The van der Waals surface area contributed by atoms with Gasteiger partial charge in [0, 0.05) is 25.9 Å². The van der Waals surface area contributed by atoms with Crippen LogP contribution in [0.5, 0.6) is 0 Å². The summed E-state index contributed by atoms with van der Waals surface area (Å²) in [5, 5.41) is 0. The molecule has 0 nitrogen and oxygen atoms in total. The second-order valence-electron chi connectivity index (χ2n) is 6.35. The second-order valence-corrected chi connectivity index (χ2v) is 6.35. The Hall–Kier alpha value is -0.417. The summed E-state index contributed by atoms with van der Waals surface area (Å²) in [6, 6.07) is 0. The van der Waals surface area contributed by atoms with E-state index in [-0.39, 0.29) is 19.5 Å². The molecule has 0 spiro atoms.